The van der Waals surface area contributed by atoms with Crippen LogP contribution < -0.4 is 5.32 Å². The maximum Gasteiger partial charge on any atom is 0.224 e. The van der Waals surface area contributed by atoms with Crippen molar-refractivity contribution in [3.63, 3.8) is 0 Å². The van der Waals surface area contributed by atoms with Crippen molar-refractivity contribution in [2.75, 3.05) is 5.32 Å². The molecule has 0 atom stereocenters. The molecule has 0 unspecified atom stereocenters. The molecule has 0 bridgehead atoms. The molecular weight excluding hydrogens is 493 g/mol. The molecule has 0 spiro atoms. The van der Waals surface area contributed by atoms with E-state index in [-0.39, 0.29) is 17.6 Å². The number of pyridine rings is 2. The predicted molar refractivity (Wildman–Crippen MR) is 150 cm³/mol. The van der Waals surface area contributed by atoms with E-state index >= 15 is 0 Å². The van der Waals surface area contributed by atoms with E-state index in [0.717, 1.165) is 38.7 Å². The molecule has 4 heterocycles. The molecule has 0 radical (unpaired) electrons. The van der Waals surface area contributed by atoms with Gasteiger partial charge >= 0.3 is 0 Å². The topological polar surface area (TPSA) is 112 Å². The van der Waals surface area contributed by atoms with E-state index in [9.17, 15) is 9.18 Å². The Hall–Kier alpha value is -4.92. The normalized spacial score (nSPS) is 11.5. The van der Waals surface area contributed by atoms with E-state index in [2.05, 4.69) is 30.5 Å². The van der Waals surface area contributed by atoms with Crippen LogP contribution in [0.4, 0.5) is 10.1 Å². The standard InChI is InChI=1S/C30H26FN7O/c1-16(2)8-26(39)34-22-12-20(14-32-15-22)18-4-5-25-24(13-18)28(38-37-25)30-35-27-23(6-7-33-29(27)36-30)19-9-17(3)10-21(31)11-19/h4-7,9-16H,8H2,1-3H3,(H,34,39)(H,37,38)(H,33,35,36). The quantitative estimate of drug-likeness (QED) is 0.228. The van der Waals surface area contributed by atoms with Crippen LogP contribution in [0.3, 0.4) is 0 Å². The van der Waals surface area contributed by atoms with E-state index in [1.54, 1.807) is 18.6 Å². The number of hydrogen-bond acceptors (Lipinski definition) is 5. The third-order valence-electron chi connectivity index (χ3n) is 6.48. The second kappa shape index (κ2) is 9.75. The van der Waals surface area contributed by atoms with Gasteiger partial charge in [-0.2, -0.15) is 5.10 Å². The fraction of sp³-hybridized carbons (Fsp3) is 0.167. The summed E-state index contributed by atoms with van der Waals surface area (Å²) >= 11 is 0. The summed E-state index contributed by atoms with van der Waals surface area (Å²) in [4.78, 5) is 29.1. The van der Waals surface area contributed by atoms with Gasteiger partial charge in [0.1, 0.15) is 11.5 Å². The molecule has 9 heteroatoms. The van der Waals surface area contributed by atoms with Crippen LogP contribution in [0.5, 0.6) is 0 Å². The van der Waals surface area contributed by atoms with Gasteiger partial charge < -0.3 is 10.3 Å². The van der Waals surface area contributed by atoms with E-state index in [4.69, 9.17) is 4.98 Å². The van der Waals surface area contributed by atoms with Crippen LogP contribution in [0.25, 0.3) is 55.8 Å². The summed E-state index contributed by atoms with van der Waals surface area (Å²) in [7, 11) is 0. The van der Waals surface area contributed by atoms with Gasteiger partial charge in [-0.3, -0.25) is 14.9 Å². The zero-order valence-corrected chi connectivity index (χ0v) is 21.7. The lowest BCUT2D eigenvalue weighted by Gasteiger charge is -2.09. The molecule has 3 N–H and O–H groups in total. The molecule has 6 rings (SSSR count). The Labute approximate surface area is 223 Å². The highest BCUT2D eigenvalue weighted by Crippen LogP contribution is 2.33. The van der Waals surface area contributed by atoms with Gasteiger partial charge in [0.15, 0.2) is 11.5 Å². The molecule has 1 amide bonds. The zero-order chi connectivity index (χ0) is 27.1. The minimum absolute atomic E-state index is 0.0391. The second-order valence-electron chi connectivity index (χ2n) is 10.1. The number of aromatic amines is 2. The molecule has 0 saturated carbocycles. The lowest BCUT2D eigenvalue weighted by molar-refractivity contribution is -0.116. The summed E-state index contributed by atoms with van der Waals surface area (Å²) in [5, 5.41) is 11.4. The Bertz CT molecular complexity index is 1830. The molecular formula is C30H26FN7O. The Morgan fingerprint density at radius 1 is 1.03 bits per heavy atom. The highest BCUT2D eigenvalue weighted by atomic mass is 19.1. The molecule has 194 valence electrons. The number of halogens is 1. The van der Waals surface area contributed by atoms with Crippen LogP contribution in [0, 0.1) is 18.7 Å². The Morgan fingerprint density at radius 2 is 1.90 bits per heavy atom. The minimum Gasteiger partial charge on any atom is -0.335 e. The Balaban J connectivity index is 1.39. The van der Waals surface area contributed by atoms with Crippen LogP contribution in [0.2, 0.25) is 0 Å². The summed E-state index contributed by atoms with van der Waals surface area (Å²) in [5.41, 5.74) is 7.53. The third-order valence-corrected chi connectivity index (χ3v) is 6.48. The van der Waals surface area contributed by atoms with Gasteiger partial charge in [-0.15, -0.1) is 0 Å². The molecule has 2 aromatic carbocycles. The smallest absolute Gasteiger partial charge is 0.224 e. The maximum absolute atomic E-state index is 14.2. The average Bonchev–Trinajstić information content (AvgIpc) is 3.51. The van der Waals surface area contributed by atoms with Crippen molar-refractivity contribution >= 4 is 33.7 Å². The van der Waals surface area contributed by atoms with Crippen molar-refractivity contribution in [2.24, 2.45) is 5.92 Å². The number of carbonyl (C=O) groups is 1. The molecule has 0 fully saturated rings. The summed E-state index contributed by atoms with van der Waals surface area (Å²) in [6.07, 6.45) is 5.52. The third kappa shape index (κ3) is 4.86. The number of nitrogens with one attached hydrogen (secondary N) is 3. The number of fused-ring (bicyclic) bond motifs is 2. The van der Waals surface area contributed by atoms with Gasteiger partial charge in [0, 0.05) is 35.3 Å². The molecule has 39 heavy (non-hydrogen) atoms. The average molecular weight is 520 g/mol. The largest absolute Gasteiger partial charge is 0.335 e. The molecule has 4 aromatic heterocycles. The number of hydrogen-bond donors (Lipinski definition) is 3. The van der Waals surface area contributed by atoms with Gasteiger partial charge in [0.05, 0.1) is 22.9 Å². The van der Waals surface area contributed by atoms with E-state index in [0.29, 0.717) is 34.8 Å². The number of aromatic nitrogens is 6. The molecule has 6 aromatic rings. The fourth-order valence-corrected chi connectivity index (χ4v) is 4.78. The number of imidazole rings is 1. The van der Waals surface area contributed by atoms with Gasteiger partial charge in [-0.1, -0.05) is 26.0 Å². The Morgan fingerprint density at radius 3 is 2.72 bits per heavy atom. The van der Waals surface area contributed by atoms with Crippen LogP contribution >= 0.6 is 0 Å². The van der Waals surface area contributed by atoms with Crippen molar-refractivity contribution < 1.29 is 9.18 Å². The number of carbonyl (C=O) groups excluding carboxylic acids is 1. The first kappa shape index (κ1) is 24.4. The van der Waals surface area contributed by atoms with E-state index in [1.807, 2.05) is 57.2 Å². The summed E-state index contributed by atoms with van der Waals surface area (Å²) in [6, 6.07) is 14.6. The molecule has 8 nitrogen and oxygen atoms in total. The number of anilines is 1. The molecule has 0 aliphatic carbocycles. The molecule has 0 saturated heterocycles. The SMILES string of the molecule is Cc1cc(F)cc(-c2ccnc3nc(-c4n[nH]c5ccc(-c6cncc(NC(=O)CC(C)C)c6)cc45)[nH]c23)c1. The first-order valence-corrected chi connectivity index (χ1v) is 12.7. The van der Waals surface area contributed by atoms with Gasteiger partial charge in [-0.05, 0) is 65.9 Å². The molecule has 0 aliphatic rings. The monoisotopic (exact) mass is 519 g/mol. The number of rotatable bonds is 6. The van der Waals surface area contributed by atoms with Crippen molar-refractivity contribution in [2.45, 2.75) is 27.2 Å². The van der Waals surface area contributed by atoms with Crippen molar-refractivity contribution in [1.82, 2.24) is 30.1 Å². The van der Waals surface area contributed by atoms with Gasteiger partial charge in [0.25, 0.3) is 0 Å². The lowest BCUT2D eigenvalue weighted by Crippen LogP contribution is -2.13. The van der Waals surface area contributed by atoms with Gasteiger partial charge in [-0.25, -0.2) is 14.4 Å². The first-order valence-electron chi connectivity index (χ1n) is 12.7. The summed E-state index contributed by atoms with van der Waals surface area (Å²) < 4.78 is 14.2. The number of H-pyrrole nitrogens is 2. The van der Waals surface area contributed by atoms with Crippen molar-refractivity contribution in [3.05, 3.63) is 78.5 Å². The highest BCUT2D eigenvalue weighted by molar-refractivity contribution is 5.98. The highest BCUT2D eigenvalue weighted by Gasteiger charge is 2.17. The van der Waals surface area contributed by atoms with Gasteiger partial charge in [0.2, 0.25) is 5.91 Å². The van der Waals surface area contributed by atoms with Crippen molar-refractivity contribution in [1.29, 1.82) is 0 Å². The van der Waals surface area contributed by atoms with Crippen LogP contribution in [-0.4, -0.2) is 36.0 Å². The van der Waals surface area contributed by atoms with Crippen LogP contribution in [-0.2, 0) is 4.79 Å². The predicted octanol–water partition coefficient (Wildman–Crippen LogP) is 6.66. The minimum atomic E-state index is -0.293. The number of benzene rings is 2. The number of amides is 1. The lowest BCUT2D eigenvalue weighted by atomic mass is 10.0. The zero-order valence-electron chi connectivity index (χ0n) is 21.7. The second-order valence-corrected chi connectivity index (χ2v) is 10.1. The molecule has 0 aliphatic heterocycles. The van der Waals surface area contributed by atoms with E-state index in [1.165, 1.54) is 12.1 Å². The van der Waals surface area contributed by atoms with Crippen molar-refractivity contribution in [3.8, 4) is 33.8 Å². The first-order chi connectivity index (χ1) is 18.8. The summed E-state index contributed by atoms with van der Waals surface area (Å²) in [5.74, 6) is 0.487. The maximum atomic E-state index is 14.2. The fourth-order valence-electron chi connectivity index (χ4n) is 4.78. The summed E-state index contributed by atoms with van der Waals surface area (Å²) in [6.45, 7) is 5.88. The van der Waals surface area contributed by atoms with E-state index < -0.39 is 0 Å². The number of nitrogens with zero attached hydrogens (tertiary/aromatic N) is 4. The van der Waals surface area contributed by atoms with Crippen LogP contribution in [0.15, 0.2) is 67.1 Å². The van der Waals surface area contributed by atoms with Crippen LogP contribution in [0.1, 0.15) is 25.8 Å². The Kier molecular flexibility index (Phi) is 6.11. The number of aryl methyl sites for hydroxylation is 1.